The highest BCUT2D eigenvalue weighted by Gasteiger charge is 2.24. The quantitative estimate of drug-likeness (QED) is 0.724. The second-order valence-corrected chi connectivity index (χ2v) is 5.45. The molecule has 0 spiro atoms. The van der Waals surface area contributed by atoms with Crippen molar-refractivity contribution in [1.29, 1.82) is 0 Å². The second kappa shape index (κ2) is 8.46. The van der Waals surface area contributed by atoms with E-state index in [1.54, 1.807) is 0 Å². The van der Waals surface area contributed by atoms with Crippen molar-refractivity contribution in [2.24, 2.45) is 0 Å². The number of hydrogen-bond donors (Lipinski definition) is 1. The molecule has 0 bridgehead atoms. The van der Waals surface area contributed by atoms with Gasteiger partial charge in [-0.1, -0.05) is 41.5 Å². The summed E-state index contributed by atoms with van der Waals surface area (Å²) in [6, 6.07) is 0.996. The van der Waals surface area contributed by atoms with E-state index in [0.29, 0.717) is 12.1 Å². The molecule has 1 N–H and O–H groups in total. The number of nitrogens with one attached hydrogen (secondary N) is 1. The minimum Gasteiger partial charge on any atom is -0.310 e. The Kier molecular flexibility index (Phi) is 7.28. The number of rotatable bonds is 9. The maximum atomic E-state index is 4.97. The van der Waals surface area contributed by atoms with Gasteiger partial charge >= 0.3 is 0 Å². The van der Waals surface area contributed by atoms with E-state index in [4.69, 9.17) is 5.10 Å². The molecule has 0 aromatic carbocycles. The van der Waals surface area contributed by atoms with Crippen LogP contribution in [-0.4, -0.2) is 16.3 Å². The van der Waals surface area contributed by atoms with Gasteiger partial charge in [0.2, 0.25) is 0 Å². The van der Waals surface area contributed by atoms with Crippen LogP contribution in [0.1, 0.15) is 89.8 Å². The number of nitrogens with zero attached hydrogens (tertiary/aromatic N) is 2. The van der Waals surface area contributed by atoms with Crippen LogP contribution in [0.2, 0.25) is 0 Å². The van der Waals surface area contributed by atoms with E-state index >= 15 is 0 Å². The third kappa shape index (κ3) is 3.43. The first-order valence-electron chi connectivity index (χ1n) is 8.51. The molecule has 3 heteroatoms. The topological polar surface area (TPSA) is 29.9 Å². The molecule has 1 aromatic heterocycles. The molecule has 0 saturated carbocycles. The van der Waals surface area contributed by atoms with E-state index in [9.17, 15) is 0 Å². The van der Waals surface area contributed by atoms with Crippen molar-refractivity contribution in [3.63, 3.8) is 0 Å². The zero-order chi connectivity index (χ0) is 15.1. The maximum absolute atomic E-state index is 4.97. The van der Waals surface area contributed by atoms with Crippen molar-refractivity contribution < 1.29 is 0 Å². The lowest BCUT2D eigenvalue weighted by Crippen LogP contribution is -2.22. The van der Waals surface area contributed by atoms with Gasteiger partial charge in [0.25, 0.3) is 0 Å². The highest BCUT2D eigenvalue weighted by Crippen LogP contribution is 2.29. The average Bonchev–Trinajstić information content (AvgIpc) is 2.84. The van der Waals surface area contributed by atoms with Crippen LogP contribution in [0.4, 0.5) is 0 Å². The molecular weight excluding hydrogens is 246 g/mol. The van der Waals surface area contributed by atoms with Crippen LogP contribution in [0.25, 0.3) is 0 Å². The van der Waals surface area contributed by atoms with Gasteiger partial charge < -0.3 is 5.32 Å². The summed E-state index contributed by atoms with van der Waals surface area (Å²) < 4.78 is 2.33. The number of aryl methyl sites for hydroxylation is 1. The maximum Gasteiger partial charge on any atom is 0.0672 e. The first-order valence-corrected chi connectivity index (χ1v) is 8.51. The smallest absolute Gasteiger partial charge is 0.0672 e. The molecule has 0 aliphatic heterocycles. The summed E-state index contributed by atoms with van der Waals surface area (Å²) in [7, 11) is 0. The normalized spacial score (nSPS) is 13.2. The number of hydrogen-bond acceptors (Lipinski definition) is 2. The summed E-state index contributed by atoms with van der Waals surface area (Å²) in [5, 5.41) is 8.60. The molecule has 0 radical (unpaired) electrons. The summed E-state index contributed by atoms with van der Waals surface area (Å²) in [5.41, 5.74) is 4.22. The van der Waals surface area contributed by atoms with E-state index in [1.165, 1.54) is 17.0 Å². The van der Waals surface area contributed by atoms with Crippen LogP contribution in [0.3, 0.4) is 0 Å². The average molecular weight is 279 g/mol. The van der Waals surface area contributed by atoms with Gasteiger partial charge in [-0.05, 0) is 38.6 Å². The molecule has 1 unspecified atom stereocenters. The summed E-state index contributed by atoms with van der Waals surface area (Å²) in [5.74, 6) is 0. The molecule has 1 heterocycles. The van der Waals surface area contributed by atoms with Crippen LogP contribution < -0.4 is 5.32 Å². The Balaban J connectivity index is 3.33. The van der Waals surface area contributed by atoms with Crippen molar-refractivity contribution in [1.82, 2.24) is 15.1 Å². The molecular formula is C17H33N3. The minimum absolute atomic E-state index is 0.452. The zero-order valence-electron chi connectivity index (χ0n) is 14.3. The fourth-order valence-corrected chi connectivity index (χ4v) is 3.18. The van der Waals surface area contributed by atoms with Gasteiger partial charge in [-0.3, -0.25) is 4.68 Å². The van der Waals surface area contributed by atoms with Crippen LogP contribution in [0.5, 0.6) is 0 Å². The molecule has 0 aliphatic rings. The van der Waals surface area contributed by atoms with Crippen LogP contribution in [0.15, 0.2) is 0 Å². The van der Waals surface area contributed by atoms with Gasteiger partial charge in [-0.2, -0.15) is 5.10 Å². The molecule has 0 fully saturated rings. The van der Waals surface area contributed by atoms with E-state index in [-0.39, 0.29) is 0 Å². The van der Waals surface area contributed by atoms with Crippen molar-refractivity contribution in [3.8, 4) is 0 Å². The van der Waals surface area contributed by atoms with Gasteiger partial charge in [-0.15, -0.1) is 0 Å². The molecule has 0 amide bonds. The van der Waals surface area contributed by atoms with Gasteiger partial charge in [0.1, 0.15) is 0 Å². The van der Waals surface area contributed by atoms with Gasteiger partial charge in [0.15, 0.2) is 0 Å². The Hall–Kier alpha value is -0.830. The summed E-state index contributed by atoms with van der Waals surface area (Å²) in [4.78, 5) is 0. The molecule has 20 heavy (non-hydrogen) atoms. The first kappa shape index (κ1) is 17.2. The Labute approximate surface area is 125 Å². The standard InChI is InChI=1S/C17H33N3/c1-7-13(8-2)20-16(11-5)17(15(10-4)19-20)14(9-3)18-12-6/h13-14,18H,7-12H2,1-6H3. The van der Waals surface area contributed by atoms with Crippen molar-refractivity contribution in [3.05, 3.63) is 17.0 Å². The fourth-order valence-electron chi connectivity index (χ4n) is 3.18. The van der Waals surface area contributed by atoms with Gasteiger partial charge in [0.05, 0.1) is 11.7 Å². The fraction of sp³-hybridized carbons (Fsp3) is 0.824. The summed E-state index contributed by atoms with van der Waals surface area (Å²) >= 11 is 0. The van der Waals surface area contributed by atoms with Gasteiger partial charge in [0, 0.05) is 17.3 Å². The van der Waals surface area contributed by atoms with Crippen molar-refractivity contribution >= 4 is 0 Å². The monoisotopic (exact) mass is 279 g/mol. The zero-order valence-corrected chi connectivity index (χ0v) is 14.3. The van der Waals surface area contributed by atoms with Crippen LogP contribution in [-0.2, 0) is 12.8 Å². The predicted molar refractivity (Wildman–Crippen MR) is 87.3 cm³/mol. The largest absolute Gasteiger partial charge is 0.310 e. The highest BCUT2D eigenvalue weighted by molar-refractivity contribution is 5.31. The SMILES string of the molecule is CCNC(CC)c1c(CC)nn(C(CC)CC)c1CC. The Bertz CT molecular complexity index is 391. The summed E-state index contributed by atoms with van der Waals surface area (Å²) in [6.45, 7) is 14.5. The lowest BCUT2D eigenvalue weighted by atomic mass is 9.98. The third-order valence-electron chi connectivity index (χ3n) is 4.29. The van der Waals surface area contributed by atoms with E-state index in [1.807, 2.05) is 0 Å². The number of aromatic nitrogens is 2. The Morgan fingerprint density at radius 2 is 1.60 bits per heavy atom. The molecule has 1 atom stereocenters. The van der Waals surface area contributed by atoms with Crippen molar-refractivity contribution in [2.45, 2.75) is 85.7 Å². The molecule has 1 aromatic rings. The minimum atomic E-state index is 0.452. The van der Waals surface area contributed by atoms with E-state index < -0.39 is 0 Å². The van der Waals surface area contributed by atoms with Crippen LogP contribution >= 0.6 is 0 Å². The summed E-state index contributed by atoms with van der Waals surface area (Å²) in [6.07, 6.45) is 5.54. The Morgan fingerprint density at radius 3 is 2.00 bits per heavy atom. The third-order valence-corrected chi connectivity index (χ3v) is 4.29. The molecule has 3 nitrogen and oxygen atoms in total. The predicted octanol–water partition coefficient (Wildman–Crippen LogP) is 4.43. The highest BCUT2D eigenvalue weighted by atomic mass is 15.3. The molecule has 116 valence electrons. The molecule has 0 saturated heterocycles. The Morgan fingerprint density at radius 1 is 0.950 bits per heavy atom. The lowest BCUT2D eigenvalue weighted by molar-refractivity contribution is 0.411. The van der Waals surface area contributed by atoms with Crippen LogP contribution in [0, 0.1) is 0 Å². The van der Waals surface area contributed by atoms with Crippen molar-refractivity contribution in [2.75, 3.05) is 6.54 Å². The van der Waals surface area contributed by atoms with E-state index in [0.717, 1.165) is 38.6 Å². The van der Waals surface area contributed by atoms with Gasteiger partial charge in [-0.25, -0.2) is 0 Å². The molecule has 0 aliphatic carbocycles. The molecule has 1 rings (SSSR count). The first-order chi connectivity index (χ1) is 9.68. The second-order valence-electron chi connectivity index (χ2n) is 5.45. The van der Waals surface area contributed by atoms with E-state index in [2.05, 4.69) is 51.5 Å². The lowest BCUT2D eigenvalue weighted by Gasteiger charge is -2.20.